The quantitative estimate of drug-likeness (QED) is 0.912. The van der Waals surface area contributed by atoms with Crippen LogP contribution in [0.1, 0.15) is 24.0 Å². The maximum Gasteiger partial charge on any atom is 0.151 e. The molecule has 0 unspecified atom stereocenters. The van der Waals surface area contributed by atoms with E-state index in [0.29, 0.717) is 37.2 Å². The normalized spacial score (nSPS) is 17.5. The number of nitrogens with zero attached hydrogens (tertiary/aromatic N) is 2. The van der Waals surface area contributed by atoms with Gasteiger partial charge in [0.2, 0.25) is 0 Å². The predicted octanol–water partition coefficient (Wildman–Crippen LogP) is 2.20. The Kier molecular flexibility index (Phi) is 4.09. The van der Waals surface area contributed by atoms with E-state index in [2.05, 4.69) is 4.98 Å². The molecular weight excluding hydrogens is 283 g/mol. The summed E-state index contributed by atoms with van der Waals surface area (Å²) in [6.07, 6.45) is 4.39. The standard InChI is InChI=1S/C17H19FN2O2/c18-16-13(12-21)3-1-5-15(16)20-9-6-17(22,7-10-20)14-4-2-8-19-11-14/h1-5,8,11,21-22H,6-7,9-10,12H2. The van der Waals surface area contributed by atoms with Gasteiger partial charge in [-0.25, -0.2) is 4.39 Å². The lowest BCUT2D eigenvalue weighted by atomic mass is 9.85. The fraction of sp³-hybridized carbons (Fsp3) is 0.353. The van der Waals surface area contributed by atoms with Gasteiger partial charge in [-0.3, -0.25) is 4.98 Å². The first-order chi connectivity index (χ1) is 10.6. The molecular formula is C17H19FN2O2. The first-order valence-corrected chi connectivity index (χ1v) is 7.40. The van der Waals surface area contributed by atoms with Crippen molar-refractivity contribution in [3.05, 3.63) is 59.7 Å². The summed E-state index contributed by atoms with van der Waals surface area (Å²) >= 11 is 0. The molecule has 5 heteroatoms. The second-order valence-corrected chi connectivity index (χ2v) is 5.67. The molecule has 0 spiro atoms. The number of benzene rings is 1. The fourth-order valence-corrected chi connectivity index (χ4v) is 2.98. The van der Waals surface area contributed by atoms with Gasteiger partial charge < -0.3 is 15.1 Å². The molecule has 2 aromatic rings. The zero-order valence-corrected chi connectivity index (χ0v) is 12.2. The van der Waals surface area contributed by atoms with Gasteiger partial charge in [-0.1, -0.05) is 18.2 Å². The highest BCUT2D eigenvalue weighted by Gasteiger charge is 2.34. The lowest BCUT2D eigenvalue weighted by molar-refractivity contribution is 0.0113. The van der Waals surface area contributed by atoms with Gasteiger partial charge in [0.1, 0.15) is 0 Å². The molecule has 1 aliphatic heterocycles. The Labute approximate surface area is 128 Å². The molecule has 3 rings (SSSR count). The summed E-state index contributed by atoms with van der Waals surface area (Å²) in [4.78, 5) is 5.97. The number of piperidine rings is 1. The molecule has 2 heterocycles. The van der Waals surface area contributed by atoms with E-state index in [-0.39, 0.29) is 12.4 Å². The maximum absolute atomic E-state index is 14.3. The molecule has 0 saturated carbocycles. The number of pyridine rings is 1. The van der Waals surface area contributed by atoms with Crippen molar-refractivity contribution in [1.29, 1.82) is 0 Å². The van der Waals surface area contributed by atoms with Gasteiger partial charge in [0, 0.05) is 36.6 Å². The lowest BCUT2D eigenvalue weighted by Crippen LogP contribution is -2.43. The van der Waals surface area contributed by atoms with E-state index in [0.717, 1.165) is 5.56 Å². The Hall–Kier alpha value is -1.98. The second kappa shape index (κ2) is 6.02. The van der Waals surface area contributed by atoms with Crippen LogP contribution in [0.25, 0.3) is 0 Å². The minimum atomic E-state index is -0.907. The topological polar surface area (TPSA) is 56.6 Å². The Bertz CT molecular complexity index is 640. The zero-order chi connectivity index (χ0) is 15.6. The van der Waals surface area contributed by atoms with Crippen LogP contribution in [0.2, 0.25) is 0 Å². The fourth-order valence-electron chi connectivity index (χ4n) is 2.98. The molecule has 22 heavy (non-hydrogen) atoms. The molecule has 0 amide bonds. The predicted molar refractivity (Wildman–Crippen MR) is 81.9 cm³/mol. The maximum atomic E-state index is 14.3. The SMILES string of the molecule is OCc1cccc(N2CCC(O)(c3cccnc3)CC2)c1F. The van der Waals surface area contributed by atoms with Crippen molar-refractivity contribution in [1.82, 2.24) is 4.98 Å². The summed E-state index contributed by atoms with van der Waals surface area (Å²) in [5.74, 6) is -0.378. The minimum absolute atomic E-state index is 0.297. The highest BCUT2D eigenvalue weighted by atomic mass is 19.1. The number of rotatable bonds is 3. The number of aliphatic hydroxyl groups excluding tert-OH is 1. The van der Waals surface area contributed by atoms with Crippen LogP contribution in [0.4, 0.5) is 10.1 Å². The van der Waals surface area contributed by atoms with Crippen LogP contribution in [0, 0.1) is 5.82 Å². The number of hydrogen-bond donors (Lipinski definition) is 2. The van der Waals surface area contributed by atoms with E-state index in [1.165, 1.54) is 0 Å². The van der Waals surface area contributed by atoms with Gasteiger partial charge >= 0.3 is 0 Å². The Morgan fingerprint density at radius 3 is 2.59 bits per heavy atom. The molecule has 116 valence electrons. The highest BCUT2D eigenvalue weighted by molar-refractivity contribution is 5.51. The third kappa shape index (κ3) is 2.69. The zero-order valence-electron chi connectivity index (χ0n) is 12.2. The smallest absolute Gasteiger partial charge is 0.151 e. The molecule has 1 saturated heterocycles. The van der Waals surface area contributed by atoms with Crippen molar-refractivity contribution in [3.63, 3.8) is 0 Å². The van der Waals surface area contributed by atoms with Crippen molar-refractivity contribution < 1.29 is 14.6 Å². The van der Waals surface area contributed by atoms with Gasteiger partial charge in [-0.05, 0) is 25.0 Å². The first-order valence-electron chi connectivity index (χ1n) is 7.40. The van der Waals surface area contributed by atoms with E-state index in [1.54, 1.807) is 30.6 Å². The molecule has 2 N–H and O–H groups in total. The van der Waals surface area contributed by atoms with Crippen LogP contribution >= 0.6 is 0 Å². The third-order valence-corrected chi connectivity index (χ3v) is 4.36. The van der Waals surface area contributed by atoms with E-state index in [4.69, 9.17) is 5.11 Å². The summed E-state index contributed by atoms with van der Waals surface area (Å²) in [6, 6.07) is 8.71. The molecule has 1 aromatic carbocycles. The Morgan fingerprint density at radius 1 is 1.18 bits per heavy atom. The van der Waals surface area contributed by atoms with Crippen molar-refractivity contribution in [3.8, 4) is 0 Å². The molecule has 0 bridgehead atoms. The van der Waals surface area contributed by atoms with Gasteiger partial charge in [-0.2, -0.15) is 0 Å². The van der Waals surface area contributed by atoms with Crippen molar-refractivity contribution in [2.45, 2.75) is 25.0 Å². The van der Waals surface area contributed by atoms with Crippen LogP contribution < -0.4 is 4.90 Å². The van der Waals surface area contributed by atoms with Gasteiger partial charge in [0.25, 0.3) is 0 Å². The summed E-state index contributed by atoms with van der Waals surface area (Å²) in [7, 11) is 0. The number of aromatic nitrogens is 1. The average molecular weight is 302 g/mol. The third-order valence-electron chi connectivity index (χ3n) is 4.36. The Balaban J connectivity index is 1.77. The summed E-state index contributed by atoms with van der Waals surface area (Å²) in [5, 5.41) is 19.9. The van der Waals surface area contributed by atoms with Crippen molar-refractivity contribution >= 4 is 5.69 Å². The molecule has 0 atom stereocenters. The first kappa shape index (κ1) is 14.9. The van der Waals surface area contributed by atoms with Gasteiger partial charge in [0.05, 0.1) is 17.9 Å². The highest BCUT2D eigenvalue weighted by Crippen LogP contribution is 2.35. The van der Waals surface area contributed by atoms with Crippen LogP contribution in [0.5, 0.6) is 0 Å². The number of halogens is 1. The van der Waals surface area contributed by atoms with Crippen LogP contribution in [-0.2, 0) is 12.2 Å². The van der Waals surface area contributed by atoms with E-state index >= 15 is 0 Å². The van der Waals surface area contributed by atoms with E-state index in [1.807, 2.05) is 17.0 Å². The molecule has 1 aliphatic rings. The summed E-state index contributed by atoms with van der Waals surface area (Å²) < 4.78 is 14.3. The molecule has 4 nitrogen and oxygen atoms in total. The monoisotopic (exact) mass is 302 g/mol. The molecule has 0 aliphatic carbocycles. The van der Waals surface area contributed by atoms with Crippen LogP contribution in [0.3, 0.4) is 0 Å². The number of anilines is 1. The second-order valence-electron chi connectivity index (χ2n) is 5.67. The lowest BCUT2D eigenvalue weighted by Gasteiger charge is -2.39. The van der Waals surface area contributed by atoms with Crippen LogP contribution in [-0.4, -0.2) is 28.3 Å². The summed E-state index contributed by atoms with van der Waals surface area (Å²) in [6.45, 7) is 0.793. The molecule has 0 radical (unpaired) electrons. The molecule has 1 aromatic heterocycles. The minimum Gasteiger partial charge on any atom is -0.392 e. The van der Waals surface area contributed by atoms with E-state index in [9.17, 15) is 9.50 Å². The average Bonchev–Trinajstić information content (AvgIpc) is 2.57. The number of hydrogen-bond acceptors (Lipinski definition) is 4. The van der Waals surface area contributed by atoms with Crippen molar-refractivity contribution in [2.24, 2.45) is 0 Å². The van der Waals surface area contributed by atoms with Gasteiger partial charge in [-0.15, -0.1) is 0 Å². The Morgan fingerprint density at radius 2 is 1.95 bits per heavy atom. The van der Waals surface area contributed by atoms with Gasteiger partial charge in [0.15, 0.2) is 5.82 Å². The van der Waals surface area contributed by atoms with Crippen LogP contribution in [0.15, 0.2) is 42.7 Å². The molecule has 1 fully saturated rings. The number of aliphatic hydroxyl groups is 2. The van der Waals surface area contributed by atoms with E-state index < -0.39 is 5.60 Å². The van der Waals surface area contributed by atoms with Crippen molar-refractivity contribution in [2.75, 3.05) is 18.0 Å². The summed E-state index contributed by atoms with van der Waals surface area (Å²) in [5.41, 5.74) is 0.681. The largest absolute Gasteiger partial charge is 0.392 e.